The molecule has 0 saturated heterocycles. The molecule has 0 aromatic carbocycles. The molecule has 0 saturated carbocycles. The third-order valence-electron chi connectivity index (χ3n) is 3.54. The van der Waals surface area contributed by atoms with Gasteiger partial charge in [-0.3, -0.25) is 19.3 Å². The molecule has 0 radical (unpaired) electrons. The molecule has 5 N–H and O–H groups in total. The van der Waals surface area contributed by atoms with Crippen LogP contribution in [0, 0.1) is 5.41 Å². The lowest BCUT2D eigenvalue weighted by atomic mass is 9.86. The number of amides is 3. The Bertz CT molecular complexity index is 431. The van der Waals surface area contributed by atoms with Gasteiger partial charge >= 0.3 is 0 Å². The number of rotatable bonds is 11. The standard InChI is InChI=1S/C15H29N3O5S/c1-15(2,10-19)13(22)14(23)18(12(21)4-3-6-16)8-5-11(20)17-7-9-24/h13,19,22,24H,3-10,16H2,1-2H3,(H,17,20)/t13-/m0/s1. The largest absolute Gasteiger partial charge is 0.396 e. The Labute approximate surface area is 148 Å². The molecule has 0 fully saturated rings. The predicted octanol–water partition coefficient (Wildman–Crippen LogP) is -1.10. The van der Waals surface area contributed by atoms with Crippen LogP contribution in [0.5, 0.6) is 0 Å². The van der Waals surface area contributed by atoms with Gasteiger partial charge in [0.05, 0.1) is 6.61 Å². The van der Waals surface area contributed by atoms with Crippen molar-refractivity contribution in [3.05, 3.63) is 0 Å². The second kappa shape index (κ2) is 11.4. The van der Waals surface area contributed by atoms with E-state index in [1.165, 1.54) is 13.8 Å². The molecular weight excluding hydrogens is 334 g/mol. The second-order valence-corrected chi connectivity index (χ2v) is 6.60. The Morgan fingerprint density at radius 2 is 1.92 bits per heavy atom. The van der Waals surface area contributed by atoms with Gasteiger partial charge in [0.15, 0.2) is 0 Å². The lowest BCUT2D eigenvalue weighted by Gasteiger charge is -2.31. The van der Waals surface area contributed by atoms with Crippen molar-refractivity contribution in [2.24, 2.45) is 11.1 Å². The molecular formula is C15H29N3O5S. The summed E-state index contributed by atoms with van der Waals surface area (Å²) in [6.45, 7) is 3.14. The van der Waals surface area contributed by atoms with E-state index in [0.717, 1.165) is 4.90 Å². The van der Waals surface area contributed by atoms with Gasteiger partial charge in [0.1, 0.15) is 6.10 Å². The number of nitrogens with zero attached hydrogens (tertiary/aromatic N) is 1. The summed E-state index contributed by atoms with van der Waals surface area (Å²) in [5.41, 5.74) is 4.27. The zero-order valence-corrected chi connectivity index (χ0v) is 15.2. The number of carbonyl (C=O) groups excluding carboxylic acids is 3. The summed E-state index contributed by atoms with van der Waals surface area (Å²) in [6.07, 6.45) is -1.18. The SMILES string of the molecule is CC(C)(CO)[C@@H](O)C(=O)N(CCC(=O)NCCS)C(=O)CCCN. The molecule has 0 aromatic rings. The number of hydrogen-bond acceptors (Lipinski definition) is 7. The molecule has 9 heteroatoms. The lowest BCUT2D eigenvalue weighted by Crippen LogP contribution is -2.50. The Kier molecular flexibility index (Phi) is 10.9. The van der Waals surface area contributed by atoms with E-state index in [-0.39, 0.29) is 25.3 Å². The van der Waals surface area contributed by atoms with Crippen molar-refractivity contribution in [1.29, 1.82) is 0 Å². The fourth-order valence-corrected chi connectivity index (χ4v) is 1.92. The van der Waals surface area contributed by atoms with Crippen LogP contribution in [0.2, 0.25) is 0 Å². The Morgan fingerprint density at radius 3 is 2.42 bits per heavy atom. The van der Waals surface area contributed by atoms with Gasteiger partial charge in [-0.2, -0.15) is 12.6 Å². The molecule has 0 aliphatic carbocycles. The van der Waals surface area contributed by atoms with Crippen LogP contribution < -0.4 is 11.1 Å². The highest BCUT2D eigenvalue weighted by Crippen LogP contribution is 2.22. The number of thiol groups is 1. The molecule has 0 spiro atoms. The van der Waals surface area contributed by atoms with Crippen LogP contribution in [0.15, 0.2) is 0 Å². The van der Waals surface area contributed by atoms with Gasteiger partial charge in [-0.15, -0.1) is 0 Å². The summed E-state index contributed by atoms with van der Waals surface area (Å²) >= 11 is 3.98. The van der Waals surface area contributed by atoms with E-state index in [2.05, 4.69) is 17.9 Å². The van der Waals surface area contributed by atoms with Gasteiger partial charge in [-0.1, -0.05) is 13.8 Å². The molecule has 0 rings (SSSR count). The maximum absolute atomic E-state index is 12.4. The van der Waals surface area contributed by atoms with Gasteiger partial charge in [0, 0.05) is 37.1 Å². The van der Waals surface area contributed by atoms with E-state index in [4.69, 9.17) is 5.73 Å². The number of aliphatic hydroxyl groups is 2. The minimum absolute atomic E-state index is 0.0484. The highest BCUT2D eigenvalue weighted by Gasteiger charge is 2.37. The average Bonchev–Trinajstić information content (AvgIpc) is 2.56. The van der Waals surface area contributed by atoms with E-state index in [9.17, 15) is 24.6 Å². The molecule has 8 nitrogen and oxygen atoms in total. The zero-order chi connectivity index (χ0) is 18.8. The molecule has 3 amide bonds. The first-order valence-electron chi connectivity index (χ1n) is 7.92. The fourth-order valence-electron chi connectivity index (χ4n) is 1.81. The summed E-state index contributed by atoms with van der Waals surface area (Å²) in [7, 11) is 0. The Balaban J connectivity index is 5.01. The first-order valence-corrected chi connectivity index (χ1v) is 8.55. The maximum Gasteiger partial charge on any atom is 0.258 e. The van der Waals surface area contributed by atoms with Gasteiger partial charge < -0.3 is 21.3 Å². The van der Waals surface area contributed by atoms with Gasteiger partial charge in [-0.05, 0) is 13.0 Å². The maximum atomic E-state index is 12.4. The summed E-state index contributed by atoms with van der Waals surface area (Å²) < 4.78 is 0. The Hall–Kier alpha value is -1.16. The molecule has 0 aliphatic heterocycles. The number of imide groups is 1. The van der Waals surface area contributed by atoms with Crippen LogP contribution in [0.3, 0.4) is 0 Å². The van der Waals surface area contributed by atoms with Crippen LogP contribution in [0.25, 0.3) is 0 Å². The van der Waals surface area contributed by atoms with Crippen molar-refractivity contribution >= 4 is 30.4 Å². The molecule has 24 heavy (non-hydrogen) atoms. The van der Waals surface area contributed by atoms with Crippen molar-refractivity contribution in [2.75, 3.05) is 32.0 Å². The molecule has 0 bridgehead atoms. The van der Waals surface area contributed by atoms with Crippen molar-refractivity contribution in [3.63, 3.8) is 0 Å². The monoisotopic (exact) mass is 363 g/mol. The third-order valence-corrected chi connectivity index (χ3v) is 3.76. The number of nitrogens with one attached hydrogen (secondary N) is 1. The number of carbonyl (C=O) groups is 3. The minimum atomic E-state index is -1.55. The van der Waals surface area contributed by atoms with E-state index in [1.807, 2.05) is 0 Å². The van der Waals surface area contributed by atoms with Crippen molar-refractivity contribution in [1.82, 2.24) is 10.2 Å². The van der Waals surface area contributed by atoms with Crippen LogP contribution in [-0.2, 0) is 14.4 Å². The smallest absolute Gasteiger partial charge is 0.258 e. The first kappa shape index (κ1) is 22.8. The third kappa shape index (κ3) is 7.61. The predicted molar refractivity (Wildman–Crippen MR) is 93.4 cm³/mol. The normalized spacial score (nSPS) is 12.6. The molecule has 1 atom stereocenters. The summed E-state index contributed by atoms with van der Waals surface area (Å²) in [5, 5.41) is 22.0. The van der Waals surface area contributed by atoms with Crippen LogP contribution in [0.4, 0.5) is 0 Å². The summed E-state index contributed by atoms with van der Waals surface area (Å²) in [4.78, 5) is 37.2. The molecule has 0 aromatic heterocycles. The van der Waals surface area contributed by atoms with E-state index in [1.54, 1.807) is 0 Å². The minimum Gasteiger partial charge on any atom is -0.396 e. The Morgan fingerprint density at radius 1 is 1.29 bits per heavy atom. The lowest BCUT2D eigenvalue weighted by molar-refractivity contribution is -0.156. The molecule has 0 aliphatic rings. The number of nitrogens with two attached hydrogens (primary N) is 1. The molecule has 0 unspecified atom stereocenters. The molecule has 140 valence electrons. The number of hydrogen-bond donors (Lipinski definition) is 5. The van der Waals surface area contributed by atoms with Crippen LogP contribution >= 0.6 is 12.6 Å². The van der Waals surface area contributed by atoms with E-state index < -0.39 is 29.9 Å². The summed E-state index contributed by atoms with van der Waals surface area (Å²) in [6, 6.07) is 0. The van der Waals surface area contributed by atoms with Crippen molar-refractivity contribution in [3.8, 4) is 0 Å². The van der Waals surface area contributed by atoms with Crippen molar-refractivity contribution in [2.45, 2.75) is 39.2 Å². The highest BCUT2D eigenvalue weighted by atomic mass is 32.1. The van der Waals surface area contributed by atoms with Gasteiger partial charge in [0.25, 0.3) is 5.91 Å². The van der Waals surface area contributed by atoms with Crippen LogP contribution in [-0.4, -0.2) is 70.9 Å². The molecule has 0 heterocycles. The fraction of sp³-hybridized carbons (Fsp3) is 0.800. The van der Waals surface area contributed by atoms with Crippen molar-refractivity contribution < 1.29 is 24.6 Å². The van der Waals surface area contributed by atoms with Gasteiger partial charge in [-0.25, -0.2) is 0 Å². The topological polar surface area (TPSA) is 133 Å². The second-order valence-electron chi connectivity index (χ2n) is 6.15. The first-order chi connectivity index (χ1) is 11.2. The summed E-state index contributed by atoms with van der Waals surface area (Å²) in [5.74, 6) is -1.16. The zero-order valence-electron chi connectivity index (χ0n) is 14.3. The van der Waals surface area contributed by atoms with E-state index >= 15 is 0 Å². The van der Waals surface area contributed by atoms with E-state index in [0.29, 0.717) is 25.3 Å². The quantitative estimate of drug-likeness (QED) is 0.296. The van der Waals surface area contributed by atoms with Crippen LogP contribution in [0.1, 0.15) is 33.1 Å². The average molecular weight is 363 g/mol. The highest BCUT2D eigenvalue weighted by molar-refractivity contribution is 7.80. The number of aliphatic hydroxyl groups excluding tert-OH is 2. The van der Waals surface area contributed by atoms with Gasteiger partial charge in [0.2, 0.25) is 11.8 Å².